The van der Waals surface area contributed by atoms with Crippen molar-refractivity contribution in [3.63, 3.8) is 0 Å². The van der Waals surface area contributed by atoms with Gasteiger partial charge in [0.05, 0.1) is 6.10 Å². The summed E-state index contributed by atoms with van der Waals surface area (Å²) in [7, 11) is 0. The van der Waals surface area contributed by atoms with Crippen LogP contribution in [0.15, 0.2) is 24.3 Å². The van der Waals surface area contributed by atoms with Crippen molar-refractivity contribution in [2.24, 2.45) is 5.73 Å². The van der Waals surface area contributed by atoms with E-state index < -0.39 is 0 Å². The summed E-state index contributed by atoms with van der Waals surface area (Å²) in [6.45, 7) is 2.59. The number of anilines is 1. The van der Waals surface area contributed by atoms with Gasteiger partial charge in [-0.15, -0.1) is 0 Å². The highest BCUT2D eigenvalue weighted by Gasteiger charge is 2.29. The number of amides is 1. The van der Waals surface area contributed by atoms with Gasteiger partial charge in [-0.3, -0.25) is 4.79 Å². The quantitative estimate of drug-likeness (QED) is 0.852. The molecule has 2 rings (SSSR count). The molecule has 1 fully saturated rings. The third-order valence-corrected chi connectivity index (χ3v) is 3.29. The Labute approximate surface area is 108 Å². The third-order valence-electron chi connectivity index (χ3n) is 3.29. The van der Waals surface area contributed by atoms with Crippen LogP contribution < -0.4 is 11.1 Å². The van der Waals surface area contributed by atoms with Crippen LogP contribution in [0.4, 0.5) is 5.69 Å². The topological polar surface area (TPSA) is 64.4 Å². The molecule has 1 aromatic carbocycles. The lowest BCUT2D eigenvalue weighted by molar-refractivity contribution is -0.126. The number of ether oxygens (including phenoxy) is 1. The van der Waals surface area contributed by atoms with Crippen molar-refractivity contribution in [2.45, 2.75) is 38.4 Å². The minimum Gasteiger partial charge on any atom is -0.364 e. The fourth-order valence-corrected chi connectivity index (χ4v) is 2.12. The second-order valence-electron chi connectivity index (χ2n) is 4.60. The summed E-state index contributed by atoms with van der Waals surface area (Å²) in [6, 6.07) is 7.89. The maximum absolute atomic E-state index is 12.0. The van der Waals surface area contributed by atoms with E-state index in [4.69, 9.17) is 10.5 Å². The molecule has 1 aliphatic heterocycles. The van der Waals surface area contributed by atoms with Gasteiger partial charge >= 0.3 is 0 Å². The summed E-state index contributed by atoms with van der Waals surface area (Å²) in [6.07, 6.45) is 2.29. The second-order valence-corrected chi connectivity index (χ2v) is 4.60. The largest absolute Gasteiger partial charge is 0.364 e. The van der Waals surface area contributed by atoms with Gasteiger partial charge < -0.3 is 15.8 Å². The molecule has 0 aromatic heterocycles. The Bertz CT molecular complexity index is 403. The molecule has 18 heavy (non-hydrogen) atoms. The second kappa shape index (κ2) is 5.98. The van der Waals surface area contributed by atoms with Gasteiger partial charge in [-0.1, -0.05) is 19.1 Å². The maximum atomic E-state index is 12.0. The van der Waals surface area contributed by atoms with Crippen molar-refractivity contribution in [1.82, 2.24) is 0 Å². The highest BCUT2D eigenvalue weighted by atomic mass is 16.5. The Hall–Kier alpha value is -1.39. The van der Waals surface area contributed by atoms with E-state index in [1.54, 1.807) is 0 Å². The molecule has 1 saturated heterocycles. The molecule has 4 heteroatoms. The summed E-state index contributed by atoms with van der Waals surface area (Å²) >= 11 is 0. The molecule has 2 atom stereocenters. The van der Waals surface area contributed by atoms with Crippen molar-refractivity contribution in [2.75, 3.05) is 11.9 Å². The van der Waals surface area contributed by atoms with Crippen LogP contribution in [0, 0.1) is 0 Å². The van der Waals surface area contributed by atoms with Crippen LogP contribution in [0.5, 0.6) is 0 Å². The maximum Gasteiger partial charge on any atom is 0.253 e. The molecule has 0 spiro atoms. The van der Waals surface area contributed by atoms with E-state index in [2.05, 4.69) is 12.2 Å². The van der Waals surface area contributed by atoms with Crippen LogP contribution in [0.1, 0.15) is 25.3 Å². The van der Waals surface area contributed by atoms with Crippen molar-refractivity contribution in [1.29, 1.82) is 0 Å². The predicted octanol–water partition coefficient (Wildman–Crippen LogP) is 1.69. The zero-order chi connectivity index (χ0) is 13.0. The highest BCUT2D eigenvalue weighted by Crippen LogP contribution is 2.20. The Morgan fingerprint density at radius 1 is 1.39 bits per heavy atom. The SMILES string of the molecule is CCc1ccc(NC(=O)[C@@H]2CC[C@H](CN)O2)cc1. The lowest BCUT2D eigenvalue weighted by Crippen LogP contribution is -2.29. The normalized spacial score (nSPS) is 23.0. The van der Waals surface area contributed by atoms with Crippen LogP contribution in [-0.2, 0) is 16.0 Å². The molecule has 0 radical (unpaired) electrons. The van der Waals surface area contributed by atoms with E-state index in [0.29, 0.717) is 6.54 Å². The molecule has 1 amide bonds. The molecule has 1 heterocycles. The number of carbonyl (C=O) groups is 1. The van der Waals surface area contributed by atoms with E-state index >= 15 is 0 Å². The number of nitrogens with two attached hydrogens (primary N) is 1. The van der Waals surface area contributed by atoms with Crippen LogP contribution in [0.25, 0.3) is 0 Å². The summed E-state index contributed by atoms with van der Waals surface area (Å²) in [4.78, 5) is 12.0. The van der Waals surface area contributed by atoms with E-state index in [9.17, 15) is 4.79 Å². The van der Waals surface area contributed by atoms with Gasteiger partial charge in [0.15, 0.2) is 0 Å². The molecule has 0 bridgehead atoms. The van der Waals surface area contributed by atoms with Crippen molar-refractivity contribution >= 4 is 11.6 Å². The standard InChI is InChI=1S/C14H20N2O2/c1-2-10-3-5-11(6-4-10)16-14(17)13-8-7-12(9-15)18-13/h3-6,12-13H,2,7-9,15H2,1H3,(H,16,17)/t12-,13+/m1/s1. The van der Waals surface area contributed by atoms with Gasteiger partial charge in [-0.2, -0.15) is 0 Å². The summed E-state index contributed by atoms with van der Waals surface area (Å²) < 4.78 is 5.55. The number of carbonyl (C=O) groups excluding carboxylic acids is 1. The average Bonchev–Trinajstić information content (AvgIpc) is 2.88. The minimum absolute atomic E-state index is 0.0308. The zero-order valence-corrected chi connectivity index (χ0v) is 10.7. The monoisotopic (exact) mass is 248 g/mol. The number of hydrogen-bond donors (Lipinski definition) is 2. The average molecular weight is 248 g/mol. The molecular formula is C14H20N2O2. The molecule has 0 unspecified atom stereocenters. The molecule has 98 valence electrons. The Balaban J connectivity index is 1.90. The molecule has 0 aliphatic carbocycles. The molecule has 0 saturated carbocycles. The fourth-order valence-electron chi connectivity index (χ4n) is 2.12. The molecule has 3 N–H and O–H groups in total. The van der Waals surface area contributed by atoms with E-state index in [1.807, 2.05) is 24.3 Å². The van der Waals surface area contributed by atoms with Crippen molar-refractivity contribution in [3.05, 3.63) is 29.8 Å². The zero-order valence-electron chi connectivity index (χ0n) is 10.7. The summed E-state index contributed by atoms with van der Waals surface area (Å²) in [5, 5.41) is 2.88. The third kappa shape index (κ3) is 3.09. The summed E-state index contributed by atoms with van der Waals surface area (Å²) in [5.74, 6) is -0.0739. The van der Waals surface area contributed by atoms with Gasteiger partial charge in [-0.25, -0.2) is 0 Å². The molecule has 4 nitrogen and oxygen atoms in total. The predicted molar refractivity (Wildman–Crippen MR) is 71.4 cm³/mol. The lowest BCUT2D eigenvalue weighted by atomic mass is 10.1. The smallest absolute Gasteiger partial charge is 0.253 e. The number of rotatable bonds is 4. The summed E-state index contributed by atoms with van der Waals surface area (Å²) in [5.41, 5.74) is 7.60. The fraction of sp³-hybridized carbons (Fsp3) is 0.500. The van der Waals surface area contributed by atoms with E-state index in [0.717, 1.165) is 24.9 Å². The van der Waals surface area contributed by atoms with Crippen LogP contribution in [0.2, 0.25) is 0 Å². The van der Waals surface area contributed by atoms with E-state index in [1.165, 1.54) is 5.56 Å². The number of aryl methyl sites for hydroxylation is 1. The van der Waals surface area contributed by atoms with E-state index in [-0.39, 0.29) is 18.1 Å². The molecule has 1 aromatic rings. The number of hydrogen-bond acceptors (Lipinski definition) is 3. The van der Waals surface area contributed by atoms with Crippen molar-refractivity contribution in [3.8, 4) is 0 Å². The Morgan fingerprint density at radius 3 is 2.67 bits per heavy atom. The first-order valence-electron chi connectivity index (χ1n) is 6.48. The Morgan fingerprint density at radius 2 is 2.11 bits per heavy atom. The van der Waals surface area contributed by atoms with Gasteiger partial charge in [0.25, 0.3) is 5.91 Å². The van der Waals surface area contributed by atoms with Crippen LogP contribution in [0.3, 0.4) is 0 Å². The molecule has 1 aliphatic rings. The number of benzene rings is 1. The first kappa shape index (κ1) is 13.1. The minimum atomic E-state index is -0.357. The Kier molecular flexibility index (Phi) is 4.33. The van der Waals surface area contributed by atoms with Crippen LogP contribution >= 0.6 is 0 Å². The highest BCUT2D eigenvalue weighted by molar-refractivity contribution is 5.94. The number of nitrogens with one attached hydrogen (secondary N) is 1. The van der Waals surface area contributed by atoms with Gasteiger partial charge in [0, 0.05) is 12.2 Å². The van der Waals surface area contributed by atoms with Gasteiger partial charge in [0.2, 0.25) is 0 Å². The first-order valence-corrected chi connectivity index (χ1v) is 6.48. The van der Waals surface area contributed by atoms with Gasteiger partial charge in [-0.05, 0) is 37.0 Å². The first-order chi connectivity index (χ1) is 8.72. The lowest BCUT2D eigenvalue weighted by Gasteiger charge is -2.12. The van der Waals surface area contributed by atoms with Crippen LogP contribution in [-0.4, -0.2) is 24.7 Å². The van der Waals surface area contributed by atoms with Gasteiger partial charge in [0.1, 0.15) is 6.10 Å². The molecular weight excluding hydrogens is 228 g/mol. The van der Waals surface area contributed by atoms with Crippen molar-refractivity contribution < 1.29 is 9.53 Å².